The third-order valence-electron chi connectivity index (χ3n) is 12.8. The van der Waals surface area contributed by atoms with Gasteiger partial charge in [0.25, 0.3) is 17.4 Å². The van der Waals surface area contributed by atoms with Crippen LogP contribution < -0.4 is 10.3 Å². The maximum atomic E-state index is 13.8. The van der Waals surface area contributed by atoms with Gasteiger partial charge in [-0.05, 0) is 131 Å². The van der Waals surface area contributed by atoms with E-state index in [1.807, 2.05) is 25.5 Å². The van der Waals surface area contributed by atoms with Crippen LogP contribution in [-0.4, -0.2) is 79.9 Å². The van der Waals surface area contributed by atoms with Crippen molar-refractivity contribution in [3.8, 4) is 17.0 Å². The van der Waals surface area contributed by atoms with Crippen LogP contribution in [0.3, 0.4) is 0 Å². The van der Waals surface area contributed by atoms with E-state index in [1.54, 1.807) is 35.5 Å². The molecule has 0 spiro atoms. The highest BCUT2D eigenvalue weighted by atomic mass is 35.5. The molecule has 13 heteroatoms. The number of ether oxygens (including phenoxy) is 3. The number of halogens is 1. The zero-order valence-corrected chi connectivity index (χ0v) is 40.4. The number of carbonyl (C=O) groups is 4. The molecule has 2 amide bonds. The number of nitrogens with zero attached hydrogens (tertiary/aromatic N) is 4. The van der Waals surface area contributed by atoms with Crippen LogP contribution in [0.2, 0.25) is 0 Å². The molecule has 0 radical (unpaired) electrons. The maximum Gasteiger partial charge on any atom is 0.317 e. The lowest BCUT2D eigenvalue weighted by Crippen LogP contribution is -2.45. The molecular weight excluding hydrogens is 820 g/mol. The molecule has 3 aromatic rings. The summed E-state index contributed by atoms with van der Waals surface area (Å²) in [5, 5.41) is 3.04. The summed E-state index contributed by atoms with van der Waals surface area (Å²) in [7, 11) is 0. The fourth-order valence-electron chi connectivity index (χ4n) is 9.35. The molecule has 2 aromatic carbocycles. The Hall–Kier alpha value is -4.26. The maximum absolute atomic E-state index is 13.8. The Morgan fingerprint density at radius 3 is 1.38 bits per heavy atom. The second-order valence-corrected chi connectivity index (χ2v) is 20.2. The molecule has 4 bridgehead atoms. The van der Waals surface area contributed by atoms with Gasteiger partial charge in [-0.15, -0.1) is 0 Å². The summed E-state index contributed by atoms with van der Waals surface area (Å²) in [6.07, 6.45) is 7.35. The van der Waals surface area contributed by atoms with Gasteiger partial charge in [0.1, 0.15) is 11.5 Å². The van der Waals surface area contributed by atoms with Crippen LogP contribution >= 0.6 is 11.6 Å². The van der Waals surface area contributed by atoms with Crippen LogP contribution in [0, 0.1) is 24.7 Å². The van der Waals surface area contributed by atoms with E-state index in [9.17, 15) is 24.0 Å². The van der Waals surface area contributed by atoms with Gasteiger partial charge in [0.2, 0.25) is 11.1 Å². The minimum atomic E-state index is -0.678. The summed E-state index contributed by atoms with van der Waals surface area (Å²) >= 11 is 5.11. The van der Waals surface area contributed by atoms with E-state index >= 15 is 0 Å². The van der Waals surface area contributed by atoms with Crippen molar-refractivity contribution in [3.63, 3.8) is 0 Å². The fraction of sp³-hybridized carbons (Fsp3) is 0.620. The van der Waals surface area contributed by atoms with E-state index in [0.29, 0.717) is 37.6 Å². The number of benzene rings is 2. The Morgan fingerprint density at radius 1 is 0.619 bits per heavy atom. The summed E-state index contributed by atoms with van der Waals surface area (Å²) in [5.74, 6) is -0.797. The van der Waals surface area contributed by atoms with Crippen molar-refractivity contribution in [1.29, 1.82) is 0 Å². The monoisotopic (exact) mass is 888 g/mol. The van der Waals surface area contributed by atoms with Crippen LogP contribution in [0.25, 0.3) is 11.1 Å². The molecule has 6 heterocycles. The van der Waals surface area contributed by atoms with Gasteiger partial charge in [0.05, 0.1) is 56.0 Å². The number of hydrogen-bond acceptors (Lipinski definition) is 8. The summed E-state index contributed by atoms with van der Waals surface area (Å²) in [4.78, 5) is 63.4. The molecule has 4 unspecified atom stereocenters. The topological polar surface area (TPSA) is 129 Å². The van der Waals surface area contributed by atoms with Crippen molar-refractivity contribution in [2.45, 2.75) is 178 Å². The molecule has 0 N–H and O–H groups in total. The summed E-state index contributed by atoms with van der Waals surface area (Å²) in [5.41, 5.74) is 8.11. The van der Waals surface area contributed by atoms with Gasteiger partial charge < -0.3 is 14.2 Å². The Labute approximate surface area is 378 Å². The van der Waals surface area contributed by atoms with E-state index in [2.05, 4.69) is 65.8 Å². The minimum absolute atomic E-state index is 0.0344. The van der Waals surface area contributed by atoms with Gasteiger partial charge in [-0.2, -0.15) is 0 Å². The Morgan fingerprint density at radius 2 is 1.00 bits per heavy atom. The molecule has 8 rings (SSSR count). The first-order valence-corrected chi connectivity index (χ1v) is 23.4. The smallest absolute Gasteiger partial charge is 0.317 e. The predicted molar refractivity (Wildman–Crippen MR) is 245 cm³/mol. The largest absolute Gasteiger partial charge is 0.407 e. The highest BCUT2D eigenvalue weighted by Gasteiger charge is 2.51. The first-order chi connectivity index (χ1) is 29.6. The van der Waals surface area contributed by atoms with Crippen molar-refractivity contribution in [2.24, 2.45) is 10.8 Å². The second-order valence-electron chi connectivity index (χ2n) is 19.9. The Bertz CT molecular complexity index is 2220. The van der Waals surface area contributed by atoms with Gasteiger partial charge in [-0.3, -0.25) is 24.0 Å². The molecule has 5 aliphatic heterocycles. The van der Waals surface area contributed by atoms with E-state index < -0.39 is 11.3 Å². The lowest BCUT2D eigenvalue weighted by atomic mass is 9.85. The number of amides is 2. The number of esters is 1. The fourth-order valence-corrected chi connectivity index (χ4v) is 9.35. The second kappa shape index (κ2) is 19.1. The third-order valence-corrected chi connectivity index (χ3v) is 13.3. The van der Waals surface area contributed by atoms with Crippen molar-refractivity contribution in [2.75, 3.05) is 13.1 Å². The standard InChI is InChI=1S/C25H34N2O4.C20H26N2O3.C5H9ClO/c1-7-16-11-15(3)12-17(8-2)20(16)21-22(28)26-13-18-9-10-19(30-18)14-27(26)23(21)31-24(29)25(4,5)6;1-4-13-8-12(3)9-14(5-2)17(13)18-19(23)21-10-15-6-7-16(25-15)11-22(21)20(18)24;1-5(2,3)4(6)7/h11-12,18-19H,7-10,13-14H2,1-6H3;8-9,15-16,18H,4-7,10-11H2,1-3H3;1-3H3. The quantitative estimate of drug-likeness (QED) is 0.131. The van der Waals surface area contributed by atoms with Crippen molar-refractivity contribution >= 4 is 34.6 Å². The average Bonchev–Trinajstić information content (AvgIpc) is 3.89. The summed E-state index contributed by atoms with van der Waals surface area (Å²) in [6.45, 7) is 25.4. The number of carbonyl (C=O) groups excluding carboxylic acids is 4. The Kier molecular flexibility index (Phi) is 14.6. The first kappa shape index (κ1) is 48.2. The molecule has 1 aromatic heterocycles. The summed E-state index contributed by atoms with van der Waals surface area (Å²) < 4.78 is 21.6. The number of aromatic nitrogens is 2. The van der Waals surface area contributed by atoms with Crippen LogP contribution in [0.5, 0.6) is 5.88 Å². The van der Waals surface area contributed by atoms with Gasteiger partial charge in [0.15, 0.2) is 0 Å². The Balaban J connectivity index is 0.000000185. The summed E-state index contributed by atoms with van der Waals surface area (Å²) in [6, 6.07) is 8.54. The molecule has 12 nitrogen and oxygen atoms in total. The van der Waals surface area contributed by atoms with E-state index in [4.69, 9.17) is 25.8 Å². The molecule has 0 aliphatic carbocycles. The number of rotatable bonds is 7. The molecule has 5 aliphatic rings. The van der Waals surface area contributed by atoms with Crippen LogP contribution in [0.1, 0.15) is 140 Å². The molecule has 63 heavy (non-hydrogen) atoms. The van der Waals surface area contributed by atoms with Crippen LogP contribution in [0.15, 0.2) is 29.1 Å². The predicted octanol–water partition coefficient (Wildman–Crippen LogP) is 8.41. The number of hydrogen-bond donors (Lipinski definition) is 0. The van der Waals surface area contributed by atoms with Crippen molar-refractivity contribution in [3.05, 3.63) is 73.6 Å². The number of fused-ring (bicyclic) bond motifs is 6. The molecule has 4 atom stereocenters. The van der Waals surface area contributed by atoms with Crippen molar-refractivity contribution in [1.82, 2.24) is 19.4 Å². The first-order valence-electron chi connectivity index (χ1n) is 23.1. The van der Waals surface area contributed by atoms with Crippen molar-refractivity contribution < 1.29 is 33.4 Å². The van der Waals surface area contributed by atoms with Gasteiger partial charge in [-0.25, -0.2) is 19.4 Å². The third kappa shape index (κ3) is 10.0. The highest BCUT2D eigenvalue weighted by Crippen LogP contribution is 2.40. The molecular formula is C50H69ClN4O8. The molecule has 4 saturated heterocycles. The van der Waals surface area contributed by atoms with Gasteiger partial charge >= 0.3 is 5.97 Å². The van der Waals surface area contributed by atoms with Crippen LogP contribution in [-0.2, 0) is 67.4 Å². The SMILES string of the molecule is CC(C)(C)C(=O)Cl.CCc1cc(C)cc(CC)c1-c1c(OC(=O)C(C)(C)C)n2n(c1=O)CC1CCC(C2)O1.CCc1cc(C)cc(CC)c1C1C(=O)N2CC3CCC(CN2C1=O)O3. The van der Waals surface area contributed by atoms with Gasteiger partial charge in [0, 0.05) is 5.41 Å². The number of hydrazine groups is 1. The minimum Gasteiger partial charge on any atom is -0.407 e. The lowest BCUT2D eigenvalue weighted by Gasteiger charge is -2.27. The zero-order chi connectivity index (χ0) is 46.3. The molecule has 0 saturated carbocycles. The lowest BCUT2D eigenvalue weighted by molar-refractivity contribution is -0.146. The number of aryl methyl sites for hydroxylation is 6. The molecule has 344 valence electrons. The highest BCUT2D eigenvalue weighted by molar-refractivity contribution is 6.64. The van der Waals surface area contributed by atoms with Crippen LogP contribution in [0.4, 0.5) is 0 Å². The molecule has 4 fully saturated rings. The zero-order valence-electron chi connectivity index (χ0n) is 39.6. The van der Waals surface area contributed by atoms with Gasteiger partial charge in [-0.1, -0.05) is 83.9 Å². The van der Waals surface area contributed by atoms with E-state index in [0.717, 1.165) is 84.7 Å². The normalized spacial score (nSPS) is 22.7. The van der Waals surface area contributed by atoms with E-state index in [-0.39, 0.29) is 58.4 Å². The average molecular weight is 890 g/mol. The van der Waals surface area contributed by atoms with E-state index in [1.165, 1.54) is 11.1 Å².